The molecule has 2 nitrogen and oxygen atoms in total. The fourth-order valence-corrected chi connectivity index (χ4v) is 4.32. The number of thioether (sulfide) groups is 1. The largest absolute Gasteiger partial charge is 0.313 e. The molecule has 2 aliphatic rings. The lowest BCUT2D eigenvalue weighted by molar-refractivity contribution is 0.179. The average molecular weight is 256 g/mol. The summed E-state index contributed by atoms with van der Waals surface area (Å²) in [7, 11) is 2.26. The predicted molar refractivity (Wildman–Crippen MR) is 77.8 cm³/mol. The Labute approximate surface area is 111 Å². The topological polar surface area (TPSA) is 15.3 Å². The van der Waals surface area contributed by atoms with Crippen molar-refractivity contribution >= 4 is 11.8 Å². The highest BCUT2D eigenvalue weighted by Gasteiger charge is 2.23. The molecule has 17 heavy (non-hydrogen) atoms. The van der Waals surface area contributed by atoms with Crippen LogP contribution < -0.4 is 5.32 Å². The van der Waals surface area contributed by atoms with Gasteiger partial charge in [0.15, 0.2) is 0 Å². The van der Waals surface area contributed by atoms with Gasteiger partial charge in [-0.2, -0.15) is 11.8 Å². The Hall–Kier alpha value is 0.270. The van der Waals surface area contributed by atoms with Crippen molar-refractivity contribution in [3.63, 3.8) is 0 Å². The number of rotatable bonds is 4. The lowest BCUT2D eigenvalue weighted by Crippen LogP contribution is -2.44. The minimum atomic E-state index is 0.695. The molecule has 3 atom stereocenters. The van der Waals surface area contributed by atoms with Crippen molar-refractivity contribution in [3.05, 3.63) is 0 Å². The molecule has 0 radical (unpaired) electrons. The van der Waals surface area contributed by atoms with E-state index in [0.29, 0.717) is 6.04 Å². The van der Waals surface area contributed by atoms with Crippen molar-refractivity contribution in [2.75, 3.05) is 32.4 Å². The van der Waals surface area contributed by atoms with Gasteiger partial charge in [-0.15, -0.1) is 0 Å². The fraction of sp³-hybridized carbons (Fsp3) is 1.00. The summed E-state index contributed by atoms with van der Waals surface area (Å²) < 4.78 is 0. The Morgan fingerprint density at radius 1 is 1.29 bits per heavy atom. The van der Waals surface area contributed by atoms with Gasteiger partial charge < -0.3 is 10.2 Å². The quantitative estimate of drug-likeness (QED) is 0.832. The van der Waals surface area contributed by atoms with Gasteiger partial charge in [0, 0.05) is 24.4 Å². The summed E-state index contributed by atoms with van der Waals surface area (Å²) in [6, 6.07) is 0.695. The van der Waals surface area contributed by atoms with Crippen LogP contribution in [0.1, 0.15) is 39.0 Å². The second-order valence-corrected chi connectivity index (χ2v) is 7.26. The summed E-state index contributed by atoms with van der Waals surface area (Å²) in [6.07, 6.45) is 7.10. The summed E-state index contributed by atoms with van der Waals surface area (Å²) in [5.74, 6) is 2.25. The maximum absolute atomic E-state index is 3.80. The van der Waals surface area contributed by atoms with E-state index in [9.17, 15) is 0 Å². The van der Waals surface area contributed by atoms with Crippen LogP contribution in [0.5, 0.6) is 0 Å². The van der Waals surface area contributed by atoms with Crippen molar-refractivity contribution < 1.29 is 0 Å². The molecule has 0 aromatic carbocycles. The van der Waals surface area contributed by atoms with Crippen LogP contribution in [-0.2, 0) is 0 Å². The van der Waals surface area contributed by atoms with Gasteiger partial charge in [0.05, 0.1) is 0 Å². The van der Waals surface area contributed by atoms with E-state index in [4.69, 9.17) is 0 Å². The van der Waals surface area contributed by atoms with E-state index >= 15 is 0 Å². The number of nitrogens with one attached hydrogen (secondary N) is 1. The first-order chi connectivity index (χ1) is 8.25. The van der Waals surface area contributed by atoms with Crippen molar-refractivity contribution in [1.82, 2.24) is 10.2 Å². The Morgan fingerprint density at radius 3 is 2.88 bits per heavy atom. The molecule has 2 heterocycles. The molecule has 2 saturated heterocycles. The van der Waals surface area contributed by atoms with Crippen molar-refractivity contribution in [2.45, 2.75) is 50.3 Å². The number of likely N-dealkylation sites (tertiary alicyclic amines) is 1. The molecule has 0 spiro atoms. The number of piperidine rings is 1. The van der Waals surface area contributed by atoms with Gasteiger partial charge >= 0.3 is 0 Å². The molecule has 0 saturated carbocycles. The SMILES string of the molecule is CC(NCC1CCCCS1)C1CCCN(C)C1. The molecule has 0 aromatic heterocycles. The monoisotopic (exact) mass is 256 g/mol. The summed E-state index contributed by atoms with van der Waals surface area (Å²) in [5, 5.41) is 4.68. The molecule has 1 N–H and O–H groups in total. The molecule has 2 aliphatic heterocycles. The highest BCUT2D eigenvalue weighted by molar-refractivity contribution is 7.99. The van der Waals surface area contributed by atoms with Crippen LogP contribution in [-0.4, -0.2) is 48.6 Å². The van der Waals surface area contributed by atoms with Crippen LogP contribution in [0.25, 0.3) is 0 Å². The third kappa shape index (κ3) is 4.46. The van der Waals surface area contributed by atoms with Gasteiger partial charge in [0.1, 0.15) is 0 Å². The van der Waals surface area contributed by atoms with Crippen molar-refractivity contribution in [2.24, 2.45) is 5.92 Å². The molecule has 0 aliphatic carbocycles. The van der Waals surface area contributed by atoms with Crippen molar-refractivity contribution in [1.29, 1.82) is 0 Å². The molecule has 100 valence electrons. The van der Waals surface area contributed by atoms with E-state index in [-0.39, 0.29) is 0 Å². The van der Waals surface area contributed by atoms with Crippen LogP contribution in [0.3, 0.4) is 0 Å². The molecule has 3 heteroatoms. The molecule has 2 fully saturated rings. The number of hydrogen-bond acceptors (Lipinski definition) is 3. The minimum absolute atomic E-state index is 0.695. The minimum Gasteiger partial charge on any atom is -0.313 e. The van der Waals surface area contributed by atoms with Gasteiger partial charge in [-0.05, 0) is 57.9 Å². The first-order valence-corrected chi connectivity index (χ1v) is 8.34. The summed E-state index contributed by atoms with van der Waals surface area (Å²) in [5.41, 5.74) is 0. The smallest absolute Gasteiger partial charge is 0.0172 e. The summed E-state index contributed by atoms with van der Waals surface area (Å²) >= 11 is 2.18. The molecular weight excluding hydrogens is 228 g/mol. The Kier molecular flexibility index (Phi) is 5.64. The van der Waals surface area contributed by atoms with Crippen LogP contribution in [0.15, 0.2) is 0 Å². The second-order valence-electron chi connectivity index (χ2n) is 5.85. The molecule has 0 amide bonds. The third-order valence-corrected chi connectivity index (χ3v) is 5.71. The highest BCUT2D eigenvalue weighted by atomic mass is 32.2. The average Bonchev–Trinajstić information content (AvgIpc) is 2.37. The van der Waals surface area contributed by atoms with E-state index in [1.165, 1.54) is 57.5 Å². The third-order valence-electron chi connectivity index (χ3n) is 4.31. The Morgan fingerprint density at radius 2 is 2.18 bits per heavy atom. The molecule has 2 rings (SSSR count). The van der Waals surface area contributed by atoms with Gasteiger partial charge in [0.25, 0.3) is 0 Å². The van der Waals surface area contributed by atoms with E-state index in [1.807, 2.05) is 0 Å². The van der Waals surface area contributed by atoms with Gasteiger partial charge in [-0.25, -0.2) is 0 Å². The lowest BCUT2D eigenvalue weighted by Gasteiger charge is -2.34. The van der Waals surface area contributed by atoms with Gasteiger partial charge in [0.2, 0.25) is 0 Å². The molecule has 0 bridgehead atoms. The number of hydrogen-bond donors (Lipinski definition) is 1. The van der Waals surface area contributed by atoms with E-state index in [1.54, 1.807) is 0 Å². The van der Waals surface area contributed by atoms with Gasteiger partial charge in [-0.3, -0.25) is 0 Å². The highest BCUT2D eigenvalue weighted by Crippen LogP contribution is 2.25. The first-order valence-electron chi connectivity index (χ1n) is 7.29. The fourth-order valence-electron chi connectivity index (χ4n) is 3.07. The summed E-state index contributed by atoms with van der Waals surface area (Å²) in [6.45, 7) is 6.19. The maximum Gasteiger partial charge on any atom is 0.0172 e. The Balaban J connectivity index is 1.67. The van der Waals surface area contributed by atoms with E-state index < -0.39 is 0 Å². The normalized spacial score (nSPS) is 33.5. The number of nitrogens with zero attached hydrogens (tertiary/aromatic N) is 1. The van der Waals surface area contributed by atoms with E-state index in [0.717, 1.165) is 11.2 Å². The lowest BCUT2D eigenvalue weighted by atomic mass is 9.92. The predicted octanol–water partition coefficient (Wildman–Crippen LogP) is 2.59. The van der Waals surface area contributed by atoms with Gasteiger partial charge in [-0.1, -0.05) is 6.42 Å². The molecule has 3 unspecified atom stereocenters. The zero-order valence-electron chi connectivity index (χ0n) is 11.5. The zero-order valence-corrected chi connectivity index (χ0v) is 12.3. The maximum atomic E-state index is 3.80. The Bertz CT molecular complexity index is 216. The molecule has 0 aromatic rings. The van der Waals surface area contributed by atoms with E-state index in [2.05, 4.69) is 35.9 Å². The van der Waals surface area contributed by atoms with Crippen LogP contribution in [0, 0.1) is 5.92 Å². The zero-order chi connectivity index (χ0) is 12.1. The standard InChI is InChI=1S/C14H28N2S/c1-12(13-6-5-8-16(2)11-13)15-10-14-7-3-4-9-17-14/h12-15H,3-11H2,1-2H3. The van der Waals surface area contributed by atoms with Crippen LogP contribution in [0.4, 0.5) is 0 Å². The molecular formula is C14H28N2S. The first kappa shape index (κ1) is 13.7. The summed E-state index contributed by atoms with van der Waals surface area (Å²) in [4.78, 5) is 2.49. The van der Waals surface area contributed by atoms with Crippen LogP contribution >= 0.6 is 11.8 Å². The van der Waals surface area contributed by atoms with Crippen molar-refractivity contribution in [3.8, 4) is 0 Å². The second kappa shape index (κ2) is 7.01. The van der Waals surface area contributed by atoms with Crippen LogP contribution in [0.2, 0.25) is 0 Å².